The van der Waals surface area contributed by atoms with Crippen molar-refractivity contribution >= 4 is 0 Å². The number of benzene rings is 1. The molecule has 0 radical (unpaired) electrons. The highest BCUT2D eigenvalue weighted by atomic mass is 16.5. The van der Waals surface area contributed by atoms with Crippen molar-refractivity contribution in [3.63, 3.8) is 0 Å². The predicted molar refractivity (Wildman–Crippen MR) is 91.3 cm³/mol. The summed E-state index contributed by atoms with van der Waals surface area (Å²) in [4.78, 5) is 2.34. The van der Waals surface area contributed by atoms with Crippen LogP contribution in [0.1, 0.15) is 38.3 Å². The summed E-state index contributed by atoms with van der Waals surface area (Å²) in [6.07, 6.45) is 2.08. The van der Waals surface area contributed by atoms with E-state index in [9.17, 15) is 0 Å². The molecule has 2 unspecified atom stereocenters. The third-order valence-electron chi connectivity index (χ3n) is 4.80. The zero-order chi connectivity index (χ0) is 16.0. The fraction of sp³-hybridized carbons (Fsp3) is 0.667. The van der Waals surface area contributed by atoms with Gasteiger partial charge in [-0.05, 0) is 59.0 Å². The number of aryl methyl sites for hydroxylation is 1. The van der Waals surface area contributed by atoms with Gasteiger partial charge in [0.2, 0.25) is 0 Å². The summed E-state index contributed by atoms with van der Waals surface area (Å²) in [5.74, 6) is 0.987. The lowest BCUT2D eigenvalue weighted by molar-refractivity contribution is 0.113. The molecule has 2 atom stereocenters. The quantitative estimate of drug-likeness (QED) is 0.796. The van der Waals surface area contributed by atoms with Gasteiger partial charge in [0, 0.05) is 11.6 Å². The van der Waals surface area contributed by atoms with Crippen molar-refractivity contribution in [2.24, 2.45) is 0 Å². The van der Waals surface area contributed by atoms with Crippen molar-refractivity contribution in [1.29, 1.82) is 0 Å². The molecule has 120 valence electrons. The molecule has 3 heteroatoms. The minimum Gasteiger partial charge on any atom is -0.496 e. The first-order valence-electron chi connectivity index (χ1n) is 7.93. The van der Waals surface area contributed by atoms with E-state index in [0.29, 0.717) is 6.04 Å². The lowest BCUT2D eigenvalue weighted by atomic mass is 9.83. The van der Waals surface area contributed by atoms with Crippen molar-refractivity contribution in [3.8, 4) is 5.75 Å². The van der Waals surface area contributed by atoms with Crippen molar-refractivity contribution in [3.05, 3.63) is 29.3 Å². The standard InChI is InChI=1S/C18H32N2O/c1-8-18(4,20(5)6)17(19-9-2)13-15-12-14(3)10-11-16(15)21-7/h10-12,17,19H,8-9,13H2,1-7H3. The highest BCUT2D eigenvalue weighted by molar-refractivity contribution is 5.37. The van der Waals surface area contributed by atoms with Crippen LogP contribution < -0.4 is 10.1 Å². The van der Waals surface area contributed by atoms with E-state index in [0.717, 1.165) is 25.1 Å². The first-order valence-corrected chi connectivity index (χ1v) is 7.93. The molecule has 0 aromatic heterocycles. The molecule has 0 heterocycles. The average Bonchev–Trinajstić information content (AvgIpc) is 2.46. The van der Waals surface area contributed by atoms with E-state index in [-0.39, 0.29) is 5.54 Å². The second kappa shape index (κ2) is 7.81. The molecule has 21 heavy (non-hydrogen) atoms. The number of hydrogen-bond acceptors (Lipinski definition) is 3. The second-order valence-corrected chi connectivity index (χ2v) is 6.23. The summed E-state index contributed by atoms with van der Waals surface area (Å²) >= 11 is 0. The summed E-state index contributed by atoms with van der Waals surface area (Å²) in [7, 11) is 6.09. The third-order valence-corrected chi connectivity index (χ3v) is 4.80. The highest BCUT2D eigenvalue weighted by Crippen LogP contribution is 2.28. The van der Waals surface area contributed by atoms with Gasteiger partial charge >= 0.3 is 0 Å². The highest BCUT2D eigenvalue weighted by Gasteiger charge is 2.34. The van der Waals surface area contributed by atoms with E-state index in [1.54, 1.807) is 7.11 Å². The van der Waals surface area contributed by atoms with Crippen molar-refractivity contribution < 1.29 is 4.74 Å². The van der Waals surface area contributed by atoms with Gasteiger partial charge in [0.25, 0.3) is 0 Å². The summed E-state index contributed by atoms with van der Waals surface area (Å²) < 4.78 is 5.54. The lowest BCUT2D eigenvalue weighted by Crippen LogP contribution is -2.57. The molecule has 0 bridgehead atoms. The Bertz CT molecular complexity index is 445. The van der Waals surface area contributed by atoms with Crippen LogP contribution in [0.5, 0.6) is 5.75 Å². The number of likely N-dealkylation sites (N-methyl/N-ethyl adjacent to an activating group) is 2. The van der Waals surface area contributed by atoms with Gasteiger partial charge in [0.05, 0.1) is 7.11 Å². The van der Waals surface area contributed by atoms with Crippen LogP contribution in [0.3, 0.4) is 0 Å². The van der Waals surface area contributed by atoms with Gasteiger partial charge in [-0.2, -0.15) is 0 Å². The normalized spacial score (nSPS) is 15.8. The largest absolute Gasteiger partial charge is 0.496 e. The molecule has 3 nitrogen and oxygen atoms in total. The number of nitrogens with zero attached hydrogens (tertiary/aromatic N) is 1. The van der Waals surface area contributed by atoms with Gasteiger partial charge in [-0.25, -0.2) is 0 Å². The predicted octanol–water partition coefficient (Wildman–Crippen LogP) is 3.25. The first-order chi connectivity index (χ1) is 9.88. The zero-order valence-electron chi connectivity index (χ0n) is 14.8. The van der Waals surface area contributed by atoms with Crippen LogP contribution in [0.25, 0.3) is 0 Å². The van der Waals surface area contributed by atoms with Gasteiger partial charge in [0.15, 0.2) is 0 Å². The fourth-order valence-corrected chi connectivity index (χ4v) is 2.92. The molecule has 0 aliphatic carbocycles. The summed E-state index contributed by atoms with van der Waals surface area (Å²) in [6.45, 7) is 9.88. The van der Waals surface area contributed by atoms with Gasteiger partial charge < -0.3 is 15.0 Å². The summed E-state index contributed by atoms with van der Waals surface area (Å²) in [6, 6.07) is 6.81. The molecule has 0 amide bonds. The molecule has 0 aliphatic heterocycles. The van der Waals surface area contributed by atoms with Crippen LogP contribution in [0.4, 0.5) is 0 Å². The Morgan fingerprint density at radius 3 is 2.43 bits per heavy atom. The molecule has 1 rings (SSSR count). The maximum Gasteiger partial charge on any atom is 0.122 e. The Labute approximate surface area is 130 Å². The van der Waals surface area contributed by atoms with E-state index in [1.165, 1.54) is 11.1 Å². The lowest BCUT2D eigenvalue weighted by Gasteiger charge is -2.43. The van der Waals surface area contributed by atoms with Gasteiger partial charge in [-0.15, -0.1) is 0 Å². The van der Waals surface area contributed by atoms with Crippen LogP contribution in [0, 0.1) is 6.92 Å². The van der Waals surface area contributed by atoms with Crippen LogP contribution in [-0.2, 0) is 6.42 Å². The van der Waals surface area contributed by atoms with E-state index in [1.807, 2.05) is 0 Å². The van der Waals surface area contributed by atoms with E-state index in [4.69, 9.17) is 4.74 Å². The van der Waals surface area contributed by atoms with Crippen LogP contribution in [0.15, 0.2) is 18.2 Å². The number of ether oxygens (including phenoxy) is 1. The SMILES string of the molecule is CCNC(Cc1cc(C)ccc1OC)C(C)(CC)N(C)C. The van der Waals surface area contributed by atoms with E-state index < -0.39 is 0 Å². The first kappa shape index (κ1) is 18.0. The topological polar surface area (TPSA) is 24.5 Å². The third kappa shape index (κ3) is 4.21. The Morgan fingerprint density at radius 2 is 1.95 bits per heavy atom. The van der Waals surface area contributed by atoms with Crippen LogP contribution in [0.2, 0.25) is 0 Å². The molecule has 0 aliphatic rings. The number of nitrogens with one attached hydrogen (secondary N) is 1. The van der Waals surface area contributed by atoms with E-state index in [2.05, 4.69) is 70.2 Å². The van der Waals surface area contributed by atoms with Crippen LogP contribution in [-0.4, -0.2) is 44.2 Å². The Morgan fingerprint density at radius 1 is 1.29 bits per heavy atom. The molecule has 1 aromatic rings. The number of rotatable bonds is 8. The van der Waals surface area contributed by atoms with Gasteiger partial charge in [0.1, 0.15) is 5.75 Å². The fourth-order valence-electron chi connectivity index (χ4n) is 2.92. The van der Waals surface area contributed by atoms with Gasteiger partial charge in [-0.3, -0.25) is 0 Å². The molecular weight excluding hydrogens is 260 g/mol. The minimum absolute atomic E-state index is 0.116. The molecule has 0 fully saturated rings. The van der Waals surface area contributed by atoms with E-state index >= 15 is 0 Å². The maximum atomic E-state index is 5.54. The minimum atomic E-state index is 0.116. The van der Waals surface area contributed by atoms with Crippen molar-refractivity contribution in [2.75, 3.05) is 27.7 Å². The Kier molecular flexibility index (Phi) is 6.69. The molecular formula is C18H32N2O. The molecule has 1 N–H and O–H groups in total. The van der Waals surface area contributed by atoms with Crippen molar-refractivity contribution in [1.82, 2.24) is 10.2 Å². The smallest absolute Gasteiger partial charge is 0.122 e. The number of hydrogen-bond donors (Lipinski definition) is 1. The zero-order valence-corrected chi connectivity index (χ0v) is 14.8. The van der Waals surface area contributed by atoms with Crippen molar-refractivity contribution in [2.45, 2.75) is 52.1 Å². The van der Waals surface area contributed by atoms with Gasteiger partial charge in [-0.1, -0.05) is 31.5 Å². The average molecular weight is 292 g/mol. The molecule has 0 spiro atoms. The molecule has 0 saturated carbocycles. The second-order valence-electron chi connectivity index (χ2n) is 6.23. The summed E-state index contributed by atoms with van der Waals surface area (Å²) in [5, 5.41) is 3.68. The Balaban J connectivity index is 3.11. The van der Waals surface area contributed by atoms with Crippen LogP contribution >= 0.6 is 0 Å². The Hall–Kier alpha value is -1.06. The maximum absolute atomic E-state index is 5.54. The monoisotopic (exact) mass is 292 g/mol. The molecule has 0 saturated heterocycles. The molecule has 1 aromatic carbocycles. The summed E-state index contributed by atoms with van der Waals surface area (Å²) in [5.41, 5.74) is 2.68. The number of methoxy groups -OCH3 is 1.